The van der Waals surface area contributed by atoms with Gasteiger partial charge < -0.3 is 14.8 Å². The van der Waals surface area contributed by atoms with Crippen molar-refractivity contribution in [3.05, 3.63) is 53.6 Å². The van der Waals surface area contributed by atoms with E-state index in [1.54, 1.807) is 31.0 Å². The Bertz CT molecular complexity index is 632. The van der Waals surface area contributed by atoms with Gasteiger partial charge in [0, 0.05) is 10.7 Å². The monoisotopic (exact) mass is 365 g/mol. The Morgan fingerprint density at radius 1 is 1.08 bits per heavy atom. The predicted molar refractivity (Wildman–Crippen MR) is 101 cm³/mol. The lowest BCUT2D eigenvalue weighted by Gasteiger charge is -2.07. The molecular formula is C18H20ClNO3S. The first-order valence-corrected chi connectivity index (χ1v) is 9.10. The summed E-state index contributed by atoms with van der Waals surface area (Å²) in [6, 6.07) is 14.6. The van der Waals surface area contributed by atoms with E-state index in [4.69, 9.17) is 21.1 Å². The SMILES string of the molecule is COc1ccc(NC(=O)CSCCCOc2ccc(Cl)cc2)cc1. The molecule has 0 fully saturated rings. The van der Waals surface area contributed by atoms with Gasteiger partial charge in [-0.1, -0.05) is 11.6 Å². The van der Waals surface area contributed by atoms with E-state index in [1.807, 2.05) is 36.4 Å². The van der Waals surface area contributed by atoms with Crippen LogP contribution in [0, 0.1) is 0 Å². The Hall–Kier alpha value is -1.85. The van der Waals surface area contributed by atoms with E-state index in [0.29, 0.717) is 17.4 Å². The first-order chi connectivity index (χ1) is 11.7. The number of methoxy groups -OCH3 is 1. The van der Waals surface area contributed by atoms with Crippen molar-refractivity contribution in [1.29, 1.82) is 0 Å². The number of benzene rings is 2. The molecule has 128 valence electrons. The highest BCUT2D eigenvalue weighted by atomic mass is 35.5. The number of nitrogens with one attached hydrogen (secondary N) is 1. The average molecular weight is 366 g/mol. The molecule has 0 aromatic heterocycles. The zero-order chi connectivity index (χ0) is 17.2. The van der Waals surface area contributed by atoms with Crippen LogP contribution >= 0.6 is 23.4 Å². The normalized spacial score (nSPS) is 10.2. The summed E-state index contributed by atoms with van der Waals surface area (Å²) in [5.41, 5.74) is 0.771. The fraction of sp³-hybridized carbons (Fsp3) is 0.278. The van der Waals surface area contributed by atoms with Crippen molar-refractivity contribution in [3.8, 4) is 11.5 Å². The summed E-state index contributed by atoms with van der Waals surface area (Å²) in [5.74, 6) is 2.85. The van der Waals surface area contributed by atoms with Crippen molar-refractivity contribution in [2.24, 2.45) is 0 Å². The number of anilines is 1. The second-order valence-corrected chi connectivity index (χ2v) is 6.53. The molecule has 0 bridgehead atoms. The van der Waals surface area contributed by atoms with E-state index < -0.39 is 0 Å². The molecule has 2 aromatic carbocycles. The molecule has 0 saturated carbocycles. The molecule has 24 heavy (non-hydrogen) atoms. The molecule has 4 nitrogen and oxygen atoms in total. The molecule has 0 saturated heterocycles. The van der Waals surface area contributed by atoms with Crippen molar-refractivity contribution >= 4 is 35.0 Å². The second kappa shape index (κ2) is 10.1. The Labute approximate surface area is 151 Å². The van der Waals surface area contributed by atoms with E-state index in [-0.39, 0.29) is 5.91 Å². The predicted octanol–water partition coefficient (Wildman–Crippen LogP) is 4.49. The quantitative estimate of drug-likeness (QED) is 0.665. The fourth-order valence-electron chi connectivity index (χ4n) is 1.92. The summed E-state index contributed by atoms with van der Waals surface area (Å²) in [6.07, 6.45) is 0.878. The largest absolute Gasteiger partial charge is 0.497 e. The molecule has 0 unspecified atom stereocenters. The van der Waals surface area contributed by atoms with Crippen LogP contribution in [0.5, 0.6) is 11.5 Å². The maximum Gasteiger partial charge on any atom is 0.234 e. The molecule has 2 rings (SSSR count). The molecule has 0 aliphatic heterocycles. The Kier molecular flexibility index (Phi) is 7.79. The number of hydrogen-bond acceptors (Lipinski definition) is 4. The number of rotatable bonds is 9. The van der Waals surface area contributed by atoms with Gasteiger partial charge in [-0.05, 0) is 60.7 Å². The third-order valence-corrected chi connectivity index (χ3v) is 4.42. The maximum absolute atomic E-state index is 11.8. The van der Waals surface area contributed by atoms with Crippen LogP contribution in [0.3, 0.4) is 0 Å². The molecule has 0 aliphatic carbocycles. The number of halogens is 1. The summed E-state index contributed by atoms with van der Waals surface area (Å²) in [6.45, 7) is 0.620. The van der Waals surface area contributed by atoms with Crippen LogP contribution in [0.25, 0.3) is 0 Å². The number of thioether (sulfide) groups is 1. The van der Waals surface area contributed by atoms with Gasteiger partial charge >= 0.3 is 0 Å². The number of amides is 1. The van der Waals surface area contributed by atoms with Gasteiger partial charge in [0.2, 0.25) is 5.91 Å². The lowest BCUT2D eigenvalue weighted by molar-refractivity contribution is -0.113. The summed E-state index contributed by atoms with van der Waals surface area (Å²) < 4.78 is 10.7. The average Bonchev–Trinajstić information content (AvgIpc) is 2.60. The van der Waals surface area contributed by atoms with E-state index in [2.05, 4.69) is 5.32 Å². The fourth-order valence-corrected chi connectivity index (χ4v) is 2.77. The standard InChI is InChI=1S/C18H20ClNO3S/c1-22-16-9-5-15(6-10-16)20-18(21)13-24-12-2-11-23-17-7-3-14(19)4-8-17/h3-10H,2,11-13H2,1H3,(H,20,21). The summed E-state index contributed by atoms with van der Waals surface area (Å²) in [5, 5.41) is 3.55. The zero-order valence-corrected chi connectivity index (χ0v) is 15.0. The van der Waals surface area contributed by atoms with Gasteiger partial charge in [-0.15, -0.1) is 0 Å². The van der Waals surface area contributed by atoms with Crippen LogP contribution in [0.4, 0.5) is 5.69 Å². The first-order valence-electron chi connectivity index (χ1n) is 7.57. The van der Waals surface area contributed by atoms with Gasteiger partial charge in [-0.3, -0.25) is 4.79 Å². The van der Waals surface area contributed by atoms with Crippen molar-refractivity contribution in [2.45, 2.75) is 6.42 Å². The Balaban J connectivity index is 1.56. The summed E-state index contributed by atoms with van der Waals surface area (Å²) >= 11 is 7.40. The third-order valence-electron chi connectivity index (χ3n) is 3.12. The first kappa shape index (κ1) is 18.5. The van der Waals surface area contributed by atoms with Gasteiger partial charge in [0.05, 0.1) is 19.5 Å². The minimum Gasteiger partial charge on any atom is -0.497 e. The maximum atomic E-state index is 11.8. The topological polar surface area (TPSA) is 47.6 Å². The van der Waals surface area contributed by atoms with E-state index in [0.717, 1.165) is 29.4 Å². The van der Waals surface area contributed by atoms with E-state index in [1.165, 1.54) is 0 Å². The molecular weight excluding hydrogens is 346 g/mol. The molecule has 1 N–H and O–H groups in total. The molecule has 2 aromatic rings. The van der Waals surface area contributed by atoms with Gasteiger partial charge in [0.25, 0.3) is 0 Å². The Morgan fingerprint density at radius 2 is 1.75 bits per heavy atom. The van der Waals surface area contributed by atoms with Gasteiger partial charge in [-0.2, -0.15) is 11.8 Å². The Morgan fingerprint density at radius 3 is 2.42 bits per heavy atom. The number of hydrogen-bond donors (Lipinski definition) is 1. The van der Waals surface area contributed by atoms with Crippen LogP contribution in [0.2, 0.25) is 5.02 Å². The second-order valence-electron chi connectivity index (χ2n) is 4.99. The third kappa shape index (κ3) is 6.72. The minimum atomic E-state index is -0.0104. The molecule has 0 atom stereocenters. The smallest absolute Gasteiger partial charge is 0.234 e. The number of carbonyl (C=O) groups is 1. The molecule has 0 heterocycles. The van der Waals surface area contributed by atoms with Crippen LogP contribution in [-0.2, 0) is 4.79 Å². The molecule has 6 heteroatoms. The van der Waals surface area contributed by atoms with Crippen LogP contribution < -0.4 is 14.8 Å². The molecule has 1 amide bonds. The molecule has 0 spiro atoms. The van der Waals surface area contributed by atoms with Crippen LogP contribution in [0.15, 0.2) is 48.5 Å². The van der Waals surface area contributed by atoms with Crippen molar-refractivity contribution in [3.63, 3.8) is 0 Å². The van der Waals surface area contributed by atoms with Gasteiger partial charge in [0.1, 0.15) is 11.5 Å². The highest BCUT2D eigenvalue weighted by Gasteiger charge is 2.03. The van der Waals surface area contributed by atoms with Crippen molar-refractivity contribution < 1.29 is 14.3 Å². The molecule has 0 aliphatic rings. The highest BCUT2D eigenvalue weighted by molar-refractivity contribution is 7.99. The lowest BCUT2D eigenvalue weighted by Crippen LogP contribution is -2.14. The van der Waals surface area contributed by atoms with Crippen molar-refractivity contribution in [2.75, 3.05) is 30.5 Å². The summed E-state index contributed by atoms with van der Waals surface area (Å²) in [7, 11) is 1.61. The highest BCUT2D eigenvalue weighted by Crippen LogP contribution is 2.17. The van der Waals surface area contributed by atoms with Gasteiger partial charge in [-0.25, -0.2) is 0 Å². The summed E-state index contributed by atoms with van der Waals surface area (Å²) in [4.78, 5) is 11.8. The van der Waals surface area contributed by atoms with Crippen molar-refractivity contribution in [1.82, 2.24) is 0 Å². The minimum absolute atomic E-state index is 0.0104. The zero-order valence-electron chi connectivity index (χ0n) is 13.5. The lowest BCUT2D eigenvalue weighted by atomic mass is 10.3. The van der Waals surface area contributed by atoms with Crippen LogP contribution in [0.1, 0.15) is 6.42 Å². The van der Waals surface area contributed by atoms with E-state index in [9.17, 15) is 4.79 Å². The van der Waals surface area contributed by atoms with Gasteiger partial charge in [0.15, 0.2) is 0 Å². The van der Waals surface area contributed by atoms with Crippen LogP contribution in [-0.4, -0.2) is 31.1 Å². The molecule has 0 radical (unpaired) electrons. The number of ether oxygens (including phenoxy) is 2. The number of carbonyl (C=O) groups excluding carboxylic acids is 1. The van der Waals surface area contributed by atoms with E-state index >= 15 is 0 Å².